The quantitative estimate of drug-likeness (QED) is 0.423. The van der Waals surface area contributed by atoms with Crippen molar-refractivity contribution < 1.29 is 29.4 Å². The second-order valence-electron chi connectivity index (χ2n) is 5.91. The van der Waals surface area contributed by atoms with Crippen molar-refractivity contribution in [2.45, 2.75) is 18.2 Å². The molecule has 1 heterocycles. The lowest BCUT2D eigenvalue weighted by atomic mass is 9.91. The zero-order valence-electron chi connectivity index (χ0n) is 14.4. The van der Waals surface area contributed by atoms with Crippen molar-refractivity contribution in [2.24, 2.45) is 0 Å². The Morgan fingerprint density at radius 3 is 2.52 bits per heavy atom. The van der Waals surface area contributed by atoms with E-state index in [0.29, 0.717) is 5.75 Å². The Bertz CT molecular complexity index is 843. The van der Waals surface area contributed by atoms with Gasteiger partial charge in [0.25, 0.3) is 11.6 Å². The van der Waals surface area contributed by atoms with Crippen LogP contribution in [0.15, 0.2) is 48.5 Å². The van der Waals surface area contributed by atoms with Gasteiger partial charge in [-0.3, -0.25) is 19.8 Å². The van der Waals surface area contributed by atoms with Crippen LogP contribution in [-0.4, -0.2) is 53.0 Å². The zero-order valence-corrected chi connectivity index (χ0v) is 14.4. The lowest BCUT2D eigenvalue weighted by molar-refractivity contribution is -0.384. The minimum atomic E-state index is -1.34. The van der Waals surface area contributed by atoms with Crippen LogP contribution in [0.3, 0.4) is 0 Å². The van der Waals surface area contributed by atoms with Gasteiger partial charge in [-0.1, -0.05) is 18.2 Å². The van der Waals surface area contributed by atoms with E-state index < -0.39 is 35.7 Å². The Morgan fingerprint density at radius 2 is 1.93 bits per heavy atom. The molecule has 0 aromatic heterocycles. The largest absolute Gasteiger partial charge is 0.496 e. The van der Waals surface area contributed by atoms with Crippen LogP contribution in [0, 0.1) is 10.1 Å². The molecule has 0 spiro atoms. The molecule has 1 aliphatic heterocycles. The number of methoxy groups -OCH3 is 1. The molecule has 27 heavy (non-hydrogen) atoms. The second kappa shape index (κ2) is 7.60. The molecule has 142 valence electrons. The molecule has 1 fully saturated rings. The van der Waals surface area contributed by atoms with Crippen LogP contribution >= 0.6 is 0 Å². The molecule has 9 heteroatoms. The van der Waals surface area contributed by atoms with Gasteiger partial charge in [0, 0.05) is 0 Å². The van der Waals surface area contributed by atoms with E-state index in [4.69, 9.17) is 9.47 Å². The van der Waals surface area contributed by atoms with Crippen molar-refractivity contribution in [3.05, 3.63) is 58.6 Å². The predicted octanol–water partition coefficient (Wildman–Crippen LogP) is 1.12. The van der Waals surface area contributed by atoms with Crippen molar-refractivity contribution in [2.75, 3.05) is 18.6 Å². The number of nitro benzene ring substituents is 1. The van der Waals surface area contributed by atoms with Crippen molar-refractivity contribution in [3.8, 4) is 11.5 Å². The monoisotopic (exact) mass is 374 g/mol. The third-order valence-corrected chi connectivity index (χ3v) is 4.32. The number of carbonyl (C=O) groups excluding carboxylic acids is 1. The van der Waals surface area contributed by atoms with Gasteiger partial charge in [0.2, 0.25) is 6.10 Å². The summed E-state index contributed by atoms with van der Waals surface area (Å²) in [4.78, 5) is 24.5. The van der Waals surface area contributed by atoms with Gasteiger partial charge in [-0.15, -0.1) is 0 Å². The number of anilines is 1. The maximum absolute atomic E-state index is 12.7. The first-order valence-corrected chi connectivity index (χ1v) is 8.14. The third-order valence-electron chi connectivity index (χ3n) is 4.32. The van der Waals surface area contributed by atoms with E-state index in [0.717, 1.165) is 4.90 Å². The molecule has 3 rings (SSSR count). The number of para-hydroxylation sites is 1. The maximum atomic E-state index is 12.7. The number of β-lactam (4-membered cyclic amide) rings is 1. The van der Waals surface area contributed by atoms with E-state index in [1.807, 2.05) is 0 Å². The summed E-state index contributed by atoms with van der Waals surface area (Å²) in [6.45, 7) is -0.632. The standard InChI is InChI=1S/C18H18N2O7/c1-26-12-7-8-13(14(9-12)20(24)25)19-16(15(22)10-21)17(18(19)23)27-11-5-3-2-4-6-11/h2-9,15-17,21-22H,10H2,1H3/t15?,16-,17+/m0/s1. The van der Waals surface area contributed by atoms with E-state index in [1.54, 1.807) is 30.3 Å². The van der Waals surface area contributed by atoms with Crippen molar-refractivity contribution >= 4 is 17.3 Å². The number of hydrogen-bond donors (Lipinski definition) is 2. The van der Waals surface area contributed by atoms with E-state index in [-0.39, 0.29) is 17.1 Å². The average molecular weight is 374 g/mol. The molecule has 2 aromatic carbocycles. The smallest absolute Gasteiger partial charge is 0.296 e. The van der Waals surface area contributed by atoms with Gasteiger partial charge >= 0.3 is 0 Å². The number of aliphatic hydroxyl groups excluding tert-OH is 2. The second-order valence-corrected chi connectivity index (χ2v) is 5.91. The minimum Gasteiger partial charge on any atom is -0.496 e. The molecule has 2 aromatic rings. The highest BCUT2D eigenvalue weighted by Crippen LogP contribution is 2.39. The number of aliphatic hydroxyl groups is 2. The van der Waals surface area contributed by atoms with Crippen LogP contribution in [0.4, 0.5) is 11.4 Å². The molecule has 1 unspecified atom stereocenters. The number of ether oxygens (including phenoxy) is 2. The number of carbonyl (C=O) groups is 1. The van der Waals surface area contributed by atoms with Gasteiger partial charge in [-0.05, 0) is 24.3 Å². The fourth-order valence-electron chi connectivity index (χ4n) is 2.99. The number of rotatable bonds is 7. The molecule has 3 atom stereocenters. The van der Waals surface area contributed by atoms with E-state index in [1.165, 1.54) is 25.3 Å². The first kappa shape index (κ1) is 18.6. The topological polar surface area (TPSA) is 122 Å². The minimum absolute atomic E-state index is 0.00351. The number of hydrogen-bond acceptors (Lipinski definition) is 7. The van der Waals surface area contributed by atoms with Crippen LogP contribution in [0.5, 0.6) is 11.5 Å². The molecule has 1 aliphatic rings. The first-order valence-electron chi connectivity index (χ1n) is 8.14. The highest BCUT2D eigenvalue weighted by molar-refractivity contribution is 6.06. The van der Waals surface area contributed by atoms with Crippen LogP contribution in [0.2, 0.25) is 0 Å². The Morgan fingerprint density at radius 1 is 1.22 bits per heavy atom. The van der Waals surface area contributed by atoms with Crippen LogP contribution in [0.25, 0.3) is 0 Å². The summed E-state index contributed by atoms with van der Waals surface area (Å²) >= 11 is 0. The molecule has 1 amide bonds. The lowest BCUT2D eigenvalue weighted by Gasteiger charge is -2.47. The third kappa shape index (κ3) is 3.42. The Hall–Kier alpha value is -3.17. The number of nitrogens with zero attached hydrogens (tertiary/aromatic N) is 2. The number of nitro groups is 1. The highest BCUT2D eigenvalue weighted by Gasteiger charge is 2.55. The first-order chi connectivity index (χ1) is 13.0. The van der Waals surface area contributed by atoms with Gasteiger partial charge in [0.05, 0.1) is 24.7 Å². The zero-order chi connectivity index (χ0) is 19.6. The summed E-state index contributed by atoms with van der Waals surface area (Å²) in [5.74, 6) is 0.120. The predicted molar refractivity (Wildman–Crippen MR) is 94.9 cm³/mol. The summed E-state index contributed by atoms with van der Waals surface area (Å²) in [7, 11) is 1.37. The Kier molecular flexibility index (Phi) is 5.24. The Balaban J connectivity index is 1.96. The van der Waals surface area contributed by atoms with E-state index in [2.05, 4.69) is 0 Å². The molecule has 0 aliphatic carbocycles. The van der Waals surface area contributed by atoms with Crippen LogP contribution in [-0.2, 0) is 4.79 Å². The molecular weight excluding hydrogens is 356 g/mol. The normalized spacial score (nSPS) is 20.0. The molecule has 0 radical (unpaired) electrons. The molecular formula is C18H18N2O7. The summed E-state index contributed by atoms with van der Waals surface area (Å²) in [6.07, 6.45) is -2.41. The summed E-state index contributed by atoms with van der Waals surface area (Å²) in [6, 6.07) is 11.6. The summed E-state index contributed by atoms with van der Waals surface area (Å²) in [5.41, 5.74) is -0.354. The van der Waals surface area contributed by atoms with E-state index in [9.17, 15) is 25.1 Å². The van der Waals surface area contributed by atoms with Crippen LogP contribution < -0.4 is 14.4 Å². The van der Waals surface area contributed by atoms with Crippen molar-refractivity contribution in [3.63, 3.8) is 0 Å². The molecule has 9 nitrogen and oxygen atoms in total. The fourth-order valence-corrected chi connectivity index (χ4v) is 2.99. The van der Waals surface area contributed by atoms with Gasteiger partial charge in [-0.25, -0.2) is 0 Å². The fraction of sp³-hybridized carbons (Fsp3) is 0.278. The molecule has 0 saturated carbocycles. The SMILES string of the molecule is COc1ccc(N2C(=O)[C@H](Oc3ccccc3)[C@@H]2C(O)CO)c([N+](=O)[O-])c1. The van der Waals surface area contributed by atoms with Crippen molar-refractivity contribution in [1.29, 1.82) is 0 Å². The summed E-state index contributed by atoms with van der Waals surface area (Å²) < 4.78 is 10.6. The number of amides is 1. The lowest BCUT2D eigenvalue weighted by Crippen LogP contribution is -2.72. The molecule has 0 bridgehead atoms. The van der Waals surface area contributed by atoms with Crippen molar-refractivity contribution in [1.82, 2.24) is 0 Å². The van der Waals surface area contributed by atoms with Gasteiger partial charge in [0.1, 0.15) is 29.3 Å². The van der Waals surface area contributed by atoms with E-state index >= 15 is 0 Å². The number of benzene rings is 2. The molecule has 1 saturated heterocycles. The van der Waals surface area contributed by atoms with Crippen LogP contribution in [0.1, 0.15) is 0 Å². The Labute approximate surface area is 154 Å². The highest BCUT2D eigenvalue weighted by atomic mass is 16.6. The van der Waals surface area contributed by atoms with Gasteiger partial charge in [-0.2, -0.15) is 0 Å². The summed E-state index contributed by atoms with van der Waals surface area (Å²) in [5, 5.41) is 31.0. The maximum Gasteiger partial charge on any atom is 0.296 e. The van der Waals surface area contributed by atoms with Gasteiger partial charge in [0.15, 0.2) is 0 Å². The van der Waals surface area contributed by atoms with Gasteiger partial charge < -0.3 is 19.7 Å². The molecule has 2 N–H and O–H groups in total. The average Bonchev–Trinajstić information content (AvgIpc) is 2.69.